The summed E-state index contributed by atoms with van der Waals surface area (Å²) in [5.41, 5.74) is 1.15. The van der Waals surface area contributed by atoms with E-state index in [1.54, 1.807) is 48.8 Å². The van der Waals surface area contributed by atoms with Gasteiger partial charge in [-0.1, -0.05) is 60.2 Å². The Hall–Kier alpha value is -2.92. The maximum absolute atomic E-state index is 11.6. The van der Waals surface area contributed by atoms with Crippen LogP contribution in [-0.4, -0.2) is 82.7 Å². The molecule has 0 fully saturated rings. The summed E-state index contributed by atoms with van der Waals surface area (Å²) < 4.78 is 9.87. The molecule has 204 valence electrons. The molecule has 0 aliphatic heterocycles. The van der Waals surface area contributed by atoms with Crippen LogP contribution in [0.2, 0.25) is 0 Å². The SMILES string of the molecule is C[NH2+]CCN=Cc1cccc(OC)c1[O-].C[NH2+]CCN=Cc1cccc(OC)c1[O-].O.[N-]=C=S.[N-]=C=S.[Zn+2]. The van der Waals surface area contributed by atoms with Gasteiger partial charge in [0, 0.05) is 12.4 Å². The van der Waals surface area contributed by atoms with Gasteiger partial charge in [0.15, 0.2) is 0 Å². The molecule has 11 nitrogen and oxygen atoms in total. The number of rotatable bonds is 10. The van der Waals surface area contributed by atoms with Crippen molar-refractivity contribution in [2.75, 3.05) is 54.5 Å². The van der Waals surface area contributed by atoms with Gasteiger partial charge >= 0.3 is 19.5 Å². The molecule has 0 heterocycles. The van der Waals surface area contributed by atoms with E-state index < -0.39 is 0 Å². The maximum Gasteiger partial charge on any atom is 2.00 e. The summed E-state index contributed by atoms with van der Waals surface area (Å²) in [4.78, 5) is 8.31. The van der Waals surface area contributed by atoms with Crippen LogP contribution in [0.5, 0.6) is 23.0 Å². The largest absolute Gasteiger partial charge is 2.00 e. The van der Waals surface area contributed by atoms with Gasteiger partial charge < -0.3 is 46.6 Å². The van der Waals surface area contributed by atoms with Crippen LogP contribution in [0.25, 0.3) is 10.8 Å². The first-order valence-electron chi connectivity index (χ1n) is 10.7. The van der Waals surface area contributed by atoms with Gasteiger partial charge in [0.2, 0.25) is 0 Å². The van der Waals surface area contributed by atoms with E-state index >= 15 is 0 Å². The molecule has 0 aromatic heterocycles. The van der Waals surface area contributed by atoms with Crippen LogP contribution in [0, 0.1) is 0 Å². The van der Waals surface area contributed by atoms with Gasteiger partial charge in [0.1, 0.15) is 11.5 Å². The normalized spacial score (nSPS) is 8.95. The van der Waals surface area contributed by atoms with E-state index in [0.717, 1.165) is 13.1 Å². The number of benzene rings is 2. The molecule has 0 unspecified atom stereocenters. The van der Waals surface area contributed by atoms with Gasteiger partial charge in [0.05, 0.1) is 54.5 Å². The second-order valence-corrected chi connectivity index (χ2v) is 6.77. The number of isothiocyanates is 2. The minimum Gasteiger partial charge on any atom is -0.870 e. The first kappa shape index (κ1) is 42.2. The maximum atomic E-state index is 11.6. The van der Waals surface area contributed by atoms with Crippen molar-refractivity contribution in [1.82, 2.24) is 0 Å². The van der Waals surface area contributed by atoms with Crippen LogP contribution in [0.15, 0.2) is 46.4 Å². The Bertz CT molecular complexity index is 921. The zero-order valence-electron chi connectivity index (χ0n) is 22.0. The number of para-hydroxylation sites is 2. The molecule has 0 bridgehead atoms. The van der Waals surface area contributed by atoms with Crippen molar-refractivity contribution >= 4 is 47.2 Å². The van der Waals surface area contributed by atoms with Crippen LogP contribution in [-0.2, 0) is 19.5 Å². The number of aliphatic imine (C=N–C) groups is 2. The van der Waals surface area contributed by atoms with Gasteiger partial charge in [-0.25, -0.2) is 0 Å². The Balaban J connectivity index is -0.000000241. The quantitative estimate of drug-likeness (QED) is 0.152. The van der Waals surface area contributed by atoms with Crippen molar-refractivity contribution in [3.05, 3.63) is 58.3 Å². The van der Waals surface area contributed by atoms with E-state index in [2.05, 4.69) is 34.4 Å². The van der Waals surface area contributed by atoms with Gasteiger partial charge in [-0.3, -0.25) is 9.98 Å². The molecule has 0 saturated carbocycles. The molecule has 2 rings (SSSR count). The molecule has 0 aliphatic rings. The number of hydrogen-bond acceptors (Lipinski definition) is 8. The zero-order valence-corrected chi connectivity index (χ0v) is 26.6. The third-order valence-electron chi connectivity index (χ3n) is 4.01. The fourth-order valence-corrected chi connectivity index (χ4v) is 2.32. The van der Waals surface area contributed by atoms with Crippen molar-refractivity contribution in [3.63, 3.8) is 0 Å². The van der Waals surface area contributed by atoms with E-state index in [-0.39, 0.29) is 36.5 Å². The standard InChI is InChI=1S/2C11H16N2O2.2CNS.H2O.Zn/c2*1-12-6-7-13-8-9-4-3-5-10(15-2)11(9)14;2*2-1-3;;/h2*3-5,8,12,14H,6-7H2,1-2H3;;;1H2;/q;;2*-1;;+2. The summed E-state index contributed by atoms with van der Waals surface area (Å²) in [7, 11) is 6.95. The summed E-state index contributed by atoms with van der Waals surface area (Å²) >= 11 is 7.40. The van der Waals surface area contributed by atoms with Crippen molar-refractivity contribution in [1.29, 1.82) is 0 Å². The number of quaternary nitrogens is 2. The molecule has 14 heteroatoms. The summed E-state index contributed by atoms with van der Waals surface area (Å²) in [6.45, 7) is 3.28. The summed E-state index contributed by atoms with van der Waals surface area (Å²) in [5, 5.41) is 44.3. The Morgan fingerprint density at radius 2 is 1.13 bits per heavy atom. The summed E-state index contributed by atoms with van der Waals surface area (Å²) in [5.74, 6) is 0.510. The van der Waals surface area contributed by atoms with E-state index in [4.69, 9.17) is 20.3 Å². The predicted molar refractivity (Wildman–Crippen MR) is 151 cm³/mol. The number of methoxy groups -OCH3 is 2. The molecule has 0 atom stereocenters. The molecule has 0 spiro atoms. The van der Waals surface area contributed by atoms with Crippen molar-refractivity contribution in [2.45, 2.75) is 0 Å². The second-order valence-electron chi connectivity index (χ2n) is 6.40. The van der Waals surface area contributed by atoms with Gasteiger partial charge in [-0.05, 0) is 23.3 Å². The fraction of sp³-hybridized carbons (Fsp3) is 0.333. The van der Waals surface area contributed by atoms with E-state index in [0.29, 0.717) is 35.7 Å². The predicted octanol–water partition coefficient (Wildman–Crippen LogP) is -0.748. The number of hydrogen-bond donors (Lipinski definition) is 2. The van der Waals surface area contributed by atoms with Crippen molar-refractivity contribution < 1.29 is 55.3 Å². The summed E-state index contributed by atoms with van der Waals surface area (Å²) in [6.07, 6.45) is 3.21. The third-order valence-corrected chi connectivity index (χ3v) is 4.01. The van der Waals surface area contributed by atoms with Gasteiger partial charge in [-0.2, -0.15) is 10.3 Å². The molecule has 38 heavy (non-hydrogen) atoms. The fourth-order valence-electron chi connectivity index (χ4n) is 2.32. The van der Waals surface area contributed by atoms with Crippen LogP contribution in [0.4, 0.5) is 0 Å². The van der Waals surface area contributed by atoms with Crippen molar-refractivity contribution in [3.8, 4) is 23.0 Å². The van der Waals surface area contributed by atoms with Crippen molar-refractivity contribution in [2.24, 2.45) is 9.98 Å². The first-order chi connectivity index (χ1) is 17.4. The molecular weight excluding hydrogens is 582 g/mol. The van der Waals surface area contributed by atoms with Crippen LogP contribution >= 0.6 is 24.4 Å². The average Bonchev–Trinajstić information content (AvgIpc) is 2.88. The Morgan fingerprint density at radius 3 is 1.39 bits per heavy atom. The second kappa shape index (κ2) is 30.3. The molecular formula is C24H34N6O5S2Zn. The van der Waals surface area contributed by atoms with Gasteiger partial charge in [0.25, 0.3) is 0 Å². The topological polar surface area (TPSA) is 199 Å². The first-order valence-corrected chi connectivity index (χ1v) is 11.5. The molecule has 6 N–H and O–H groups in total. The Morgan fingerprint density at radius 1 is 0.816 bits per heavy atom. The third kappa shape index (κ3) is 20.2. The minimum absolute atomic E-state index is 0. The Labute approximate surface area is 247 Å². The van der Waals surface area contributed by atoms with Gasteiger partial charge in [-0.15, -0.1) is 0 Å². The number of thiocarbonyl (C=S) groups is 2. The minimum atomic E-state index is -0.107. The molecule has 2 aromatic rings. The average molecular weight is 616 g/mol. The molecule has 0 saturated heterocycles. The van der Waals surface area contributed by atoms with E-state index in [1.165, 1.54) is 24.5 Å². The zero-order chi connectivity index (χ0) is 27.6. The molecule has 0 aliphatic carbocycles. The number of likely N-dealkylation sites (N-methyl/N-ethyl adjacent to an activating group) is 2. The molecule has 0 amide bonds. The van der Waals surface area contributed by atoms with Crippen LogP contribution < -0.4 is 30.3 Å². The smallest absolute Gasteiger partial charge is 0.870 e. The van der Waals surface area contributed by atoms with E-state index in [1.807, 2.05) is 24.7 Å². The molecule has 2 aromatic carbocycles. The number of nitrogens with two attached hydrogens (primary N) is 2. The van der Waals surface area contributed by atoms with Crippen LogP contribution in [0.3, 0.4) is 0 Å². The summed E-state index contributed by atoms with van der Waals surface area (Å²) in [6, 6.07) is 10.4. The van der Waals surface area contributed by atoms with Crippen LogP contribution in [0.1, 0.15) is 11.1 Å². The van der Waals surface area contributed by atoms with E-state index in [9.17, 15) is 10.2 Å². The Kier molecular flexibility index (Phi) is 33.6. The number of nitrogens with zero attached hydrogens (tertiary/aromatic N) is 4. The monoisotopic (exact) mass is 614 g/mol. The number of ether oxygens (including phenoxy) is 2. The molecule has 0 radical (unpaired) electrons.